The zero-order chi connectivity index (χ0) is 24.0. The minimum absolute atomic E-state index is 0.0458. The highest BCUT2D eigenvalue weighted by Gasteiger charge is 2.45. The van der Waals surface area contributed by atoms with E-state index in [2.05, 4.69) is 108 Å². The normalized spacial score (nSPS) is 11.0. The maximum absolute atomic E-state index is 12.9. The molecule has 34 heavy (non-hydrogen) atoms. The van der Waals surface area contributed by atoms with Crippen LogP contribution in [0.1, 0.15) is 26.3 Å². The van der Waals surface area contributed by atoms with E-state index in [-0.39, 0.29) is 5.91 Å². The molecular weight excluding hydrogens is 433 g/mol. The zero-order valence-electron chi connectivity index (χ0n) is 20.0. The molecule has 4 aromatic carbocycles. The number of para-hydroxylation sites is 1. The highest BCUT2D eigenvalue weighted by atomic mass is 31.2. The van der Waals surface area contributed by atoms with Gasteiger partial charge in [-0.1, -0.05) is 78.4 Å². The second-order valence-corrected chi connectivity index (χ2v) is 12.2. The van der Waals surface area contributed by atoms with Gasteiger partial charge in [0.1, 0.15) is 29.3 Å². The summed E-state index contributed by atoms with van der Waals surface area (Å²) in [5.41, 5.74) is 3.79. The standard InChI is InChI=1S/C31H30NOP/c1-24(2)25(3)31(33)32-30-22-14-13-15-26(30)23-34(27-16-7-4-8-17-27,28-18-9-5-10-19-28)29-20-11-6-12-21-29/h4-22H,23H2,1-3H3/p+1. The smallest absolute Gasteiger partial charge is 0.251 e. The monoisotopic (exact) mass is 464 g/mol. The highest BCUT2D eigenvalue weighted by Crippen LogP contribution is 2.58. The number of hydrogen-bond donors (Lipinski definition) is 1. The Labute approximate surface area is 203 Å². The Morgan fingerprint density at radius 2 is 1.03 bits per heavy atom. The van der Waals surface area contributed by atoms with Crippen molar-refractivity contribution < 1.29 is 4.79 Å². The molecule has 0 aliphatic rings. The number of rotatable bonds is 7. The lowest BCUT2D eigenvalue weighted by molar-refractivity contribution is -0.112. The van der Waals surface area contributed by atoms with Gasteiger partial charge in [0, 0.05) is 16.8 Å². The molecule has 4 aromatic rings. The Morgan fingerprint density at radius 3 is 1.47 bits per heavy atom. The van der Waals surface area contributed by atoms with Gasteiger partial charge in [0.05, 0.1) is 0 Å². The molecular formula is C31H31NOP+. The minimum atomic E-state index is -2.05. The number of amides is 1. The maximum Gasteiger partial charge on any atom is 0.251 e. The summed E-state index contributed by atoms with van der Waals surface area (Å²) < 4.78 is 0. The second kappa shape index (κ2) is 10.6. The molecule has 0 bridgehead atoms. The van der Waals surface area contributed by atoms with Gasteiger partial charge in [-0.25, -0.2) is 0 Å². The van der Waals surface area contributed by atoms with Crippen molar-refractivity contribution in [2.45, 2.75) is 26.9 Å². The van der Waals surface area contributed by atoms with Gasteiger partial charge in [0.15, 0.2) is 0 Å². The second-order valence-electron chi connectivity index (χ2n) is 8.71. The fraction of sp³-hybridized carbons (Fsp3) is 0.129. The lowest BCUT2D eigenvalue weighted by atomic mass is 10.1. The van der Waals surface area contributed by atoms with E-state index >= 15 is 0 Å². The van der Waals surface area contributed by atoms with E-state index in [0.29, 0.717) is 0 Å². The molecule has 0 heterocycles. The predicted molar refractivity (Wildman–Crippen MR) is 148 cm³/mol. The zero-order valence-corrected chi connectivity index (χ0v) is 20.9. The van der Waals surface area contributed by atoms with Crippen LogP contribution in [0.25, 0.3) is 0 Å². The van der Waals surface area contributed by atoms with Crippen LogP contribution in [0.3, 0.4) is 0 Å². The average Bonchev–Trinajstić information content (AvgIpc) is 2.89. The summed E-state index contributed by atoms with van der Waals surface area (Å²) >= 11 is 0. The van der Waals surface area contributed by atoms with Gasteiger partial charge >= 0.3 is 0 Å². The van der Waals surface area contributed by atoms with Crippen LogP contribution in [0.15, 0.2) is 126 Å². The number of carbonyl (C=O) groups is 1. The molecule has 4 rings (SSSR count). The van der Waals surface area contributed by atoms with E-state index in [1.165, 1.54) is 15.9 Å². The van der Waals surface area contributed by atoms with E-state index in [1.54, 1.807) is 0 Å². The van der Waals surface area contributed by atoms with Gasteiger partial charge in [-0.3, -0.25) is 4.79 Å². The molecule has 0 fully saturated rings. The molecule has 3 heteroatoms. The topological polar surface area (TPSA) is 29.1 Å². The molecule has 0 atom stereocenters. The summed E-state index contributed by atoms with van der Waals surface area (Å²) in [6, 6.07) is 40.7. The average molecular weight is 465 g/mol. The fourth-order valence-electron chi connectivity index (χ4n) is 4.25. The van der Waals surface area contributed by atoms with Gasteiger partial charge in [-0.05, 0) is 63.2 Å². The summed E-state index contributed by atoms with van der Waals surface area (Å²) in [5.74, 6) is -0.0458. The molecule has 0 radical (unpaired) electrons. The first-order valence-corrected chi connectivity index (χ1v) is 13.6. The Hall–Kier alpha value is -3.48. The van der Waals surface area contributed by atoms with Crippen molar-refractivity contribution in [3.05, 3.63) is 132 Å². The van der Waals surface area contributed by atoms with Crippen molar-refractivity contribution in [3.8, 4) is 0 Å². The summed E-state index contributed by atoms with van der Waals surface area (Å²) in [5, 5.41) is 7.17. The van der Waals surface area contributed by atoms with E-state index in [0.717, 1.165) is 28.6 Å². The lowest BCUT2D eigenvalue weighted by Crippen LogP contribution is -2.32. The van der Waals surface area contributed by atoms with E-state index < -0.39 is 7.26 Å². The number of carbonyl (C=O) groups excluding carboxylic acids is 1. The third-order valence-electron chi connectivity index (χ3n) is 6.35. The third kappa shape index (κ3) is 4.88. The van der Waals surface area contributed by atoms with Crippen molar-refractivity contribution in [1.29, 1.82) is 0 Å². The number of allylic oxidation sites excluding steroid dienone is 1. The Morgan fingerprint density at radius 1 is 0.618 bits per heavy atom. The molecule has 0 saturated carbocycles. The first kappa shape index (κ1) is 23.7. The van der Waals surface area contributed by atoms with Crippen molar-refractivity contribution in [1.82, 2.24) is 0 Å². The van der Waals surface area contributed by atoms with Crippen LogP contribution < -0.4 is 21.2 Å². The maximum atomic E-state index is 12.9. The minimum Gasteiger partial charge on any atom is -0.322 e. The molecule has 0 aliphatic carbocycles. The quantitative estimate of drug-likeness (QED) is 0.246. The van der Waals surface area contributed by atoms with Gasteiger partial charge in [-0.2, -0.15) is 0 Å². The van der Waals surface area contributed by atoms with Crippen molar-refractivity contribution >= 4 is 34.8 Å². The fourth-order valence-corrected chi connectivity index (χ4v) is 8.52. The van der Waals surface area contributed by atoms with Crippen molar-refractivity contribution in [2.24, 2.45) is 0 Å². The Kier molecular flexibility index (Phi) is 7.40. The number of anilines is 1. The van der Waals surface area contributed by atoms with Crippen LogP contribution in [-0.4, -0.2) is 5.91 Å². The van der Waals surface area contributed by atoms with Crippen LogP contribution in [0.2, 0.25) is 0 Å². The van der Waals surface area contributed by atoms with Crippen LogP contribution in [0, 0.1) is 0 Å². The van der Waals surface area contributed by atoms with Crippen LogP contribution in [-0.2, 0) is 11.0 Å². The summed E-state index contributed by atoms with van der Waals surface area (Å²) in [4.78, 5) is 12.9. The Balaban J connectivity index is 1.91. The molecule has 1 N–H and O–H groups in total. The first-order chi connectivity index (χ1) is 16.5. The van der Waals surface area contributed by atoms with Crippen molar-refractivity contribution in [2.75, 3.05) is 5.32 Å². The molecule has 0 spiro atoms. The number of nitrogens with one attached hydrogen (secondary N) is 1. The Bertz CT molecular complexity index is 1180. The SMILES string of the molecule is CC(C)=C(C)C(=O)Nc1ccccc1C[P+](c1ccccc1)(c1ccccc1)c1ccccc1. The largest absolute Gasteiger partial charge is 0.322 e. The van der Waals surface area contributed by atoms with E-state index in [9.17, 15) is 4.79 Å². The molecule has 0 unspecified atom stereocenters. The third-order valence-corrected chi connectivity index (χ3v) is 10.7. The summed E-state index contributed by atoms with van der Waals surface area (Å²) in [7, 11) is -2.05. The van der Waals surface area contributed by atoms with E-state index in [4.69, 9.17) is 0 Å². The number of benzene rings is 4. The van der Waals surface area contributed by atoms with Gasteiger partial charge in [0.25, 0.3) is 5.91 Å². The summed E-state index contributed by atoms with van der Waals surface area (Å²) in [6.07, 6.45) is 0.815. The molecule has 0 aliphatic heterocycles. The van der Waals surface area contributed by atoms with E-state index in [1.807, 2.05) is 32.9 Å². The molecule has 170 valence electrons. The van der Waals surface area contributed by atoms with Crippen molar-refractivity contribution in [3.63, 3.8) is 0 Å². The van der Waals surface area contributed by atoms with Crippen LogP contribution in [0.5, 0.6) is 0 Å². The summed E-state index contributed by atoms with van der Waals surface area (Å²) in [6.45, 7) is 5.82. The molecule has 1 amide bonds. The predicted octanol–water partition coefficient (Wildman–Crippen LogP) is 6.48. The first-order valence-electron chi connectivity index (χ1n) is 11.6. The highest BCUT2D eigenvalue weighted by molar-refractivity contribution is 7.95. The van der Waals surface area contributed by atoms with Gasteiger partial charge < -0.3 is 5.32 Å². The van der Waals surface area contributed by atoms with Gasteiger partial charge in [-0.15, -0.1) is 0 Å². The molecule has 0 saturated heterocycles. The van der Waals surface area contributed by atoms with Gasteiger partial charge in [0.2, 0.25) is 0 Å². The molecule has 2 nitrogen and oxygen atoms in total. The molecule has 0 aromatic heterocycles. The van der Waals surface area contributed by atoms with Crippen LogP contribution >= 0.6 is 7.26 Å². The lowest BCUT2D eigenvalue weighted by Gasteiger charge is -2.28. The van der Waals surface area contributed by atoms with Crippen LogP contribution in [0.4, 0.5) is 5.69 Å². The number of hydrogen-bond acceptors (Lipinski definition) is 1.